The number of rotatable bonds is 4. The second-order valence-corrected chi connectivity index (χ2v) is 9.37. The summed E-state index contributed by atoms with van der Waals surface area (Å²) < 4.78 is 10.7. The molecule has 2 aromatic rings. The second-order valence-electron chi connectivity index (χ2n) is 9.37. The maximum atomic E-state index is 12.0. The first-order chi connectivity index (χ1) is 18.9. The number of hydroxylamine groups is 4. The van der Waals surface area contributed by atoms with Gasteiger partial charge in [0.25, 0.3) is 23.6 Å². The van der Waals surface area contributed by atoms with Gasteiger partial charge in [-0.15, -0.1) is 10.1 Å². The zero-order valence-corrected chi connectivity index (χ0v) is 21.5. The molecule has 2 aromatic carbocycles. The third-order valence-electron chi connectivity index (χ3n) is 6.67. The third kappa shape index (κ3) is 6.75. The molecule has 39 heavy (non-hydrogen) atoms. The Hall–Kier alpha value is -3.48. The molecule has 0 aromatic heterocycles. The number of hydrogen-bond acceptors (Lipinski definition) is 9. The van der Waals surface area contributed by atoms with Crippen molar-refractivity contribution in [3.63, 3.8) is 0 Å². The van der Waals surface area contributed by atoms with Crippen LogP contribution in [0.4, 0.5) is 0 Å². The fourth-order valence-corrected chi connectivity index (χ4v) is 4.51. The summed E-state index contributed by atoms with van der Waals surface area (Å²) in [5, 5.41) is 18.5. The first kappa shape index (κ1) is 28.5. The highest BCUT2D eigenvalue weighted by molar-refractivity contribution is 6.21. The fraction of sp³-hybridized carbons (Fsp3) is 0.429. The summed E-state index contributed by atoms with van der Waals surface area (Å²) in [6, 6.07) is 13.0. The normalized spacial score (nSPS) is 22.0. The van der Waals surface area contributed by atoms with Gasteiger partial charge in [0, 0.05) is 13.2 Å². The minimum absolute atomic E-state index is 0.0296. The van der Waals surface area contributed by atoms with Gasteiger partial charge >= 0.3 is 0 Å². The van der Waals surface area contributed by atoms with Crippen molar-refractivity contribution in [2.45, 2.75) is 50.7 Å². The standard InChI is InChI=1S/C14H15NO4.C8H5NO3.C6H12O2/c16-13-11-6-1-2-7-12(11)14(17)15(13)19-9-10-5-3-4-8-18-10;10-7-5-3-1-2-4-6(5)8(11)9(7)12;7-5-6-3-1-2-4-8-6/h1-2,6-7,10H,3-5,8-9H2;1-4,12H;6-7H,1-5H2. The van der Waals surface area contributed by atoms with Crippen molar-refractivity contribution < 1.29 is 43.8 Å². The van der Waals surface area contributed by atoms with E-state index < -0.39 is 23.6 Å². The average Bonchev–Trinajstić information content (AvgIpc) is 3.37. The predicted molar refractivity (Wildman–Crippen MR) is 136 cm³/mol. The minimum Gasteiger partial charge on any atom is -0.394 e. The molecule has 208 valence electrons. The summed E-state index contributed by atoms with van der Waals surface area (Å²) in [6.45, 7) is 1.99. The highest BCUT2D eigenvalue weighted by Gasteiger charge is 2.37. The SMILES string of the molecule is O=C1c2ccccc2C(=O)N1O.O=C1c2ccccc2C(=O)N1OCC1CCCCO1.OCC1CCCCO1. The van der Waals surface area contributed by atoms with Crippen LogP contribution < -0.4 is 0 Å². The minimum atomic E-state index is -0.657. The smallest absolute Gasteiger partial charge is 0.285 e. The van der Waals surface area contributed by atoms with E-state index in [0.717, 1.165) is 50.4 Å². The van der Waals surface area contributed by atoms with Crippen molar-refractivity contribution in [2.24, 2.45) is 0 Å². The van der Waals surface area contributed by atoms with Crippen molar-refractivity contribution in [1.29, 1.82) is 0 Å². The van der Waals surface area contributed by atoms with E-state index in [1.807, 2.05) is 0 Å². The Labute approximate surface area is 225 Å². The molecule has 0 bridgehead atoms. The molecule has 0 spiro atoms. The predicted octanol–water partition coefficient (Wildman–Crippen LogP) is 3.00. The fourth-order valence-electron chi connectivity index (χ4n) is 4.51. The van der Waals surface area contributed by atoms with E-state index in [9.17, 15) is 19.2 Å². The molecule has 0 saturated carbocycles. The molecular formula is C28H32N2O9. The number of nitrogens with zero attached hydrogens (tertiary/aromatic N) is 2. The number of hydrogen-bond donors (Lipinski definition) is 2. The number of amides is 4. The molecule has 4 amide bonds. The number of carbonyl (C=O) groups is 4. The van der Waals surface area contributed by atoms with Gasteiger partial charge < -0.3 is 14.6 Å². The zero-order chi connectivity index (χ0) is 27.8. The van der Waals surface area contributed by atoms with Gasteiger partial charge in [0.05, 0.1) is 41.1 Å². The summed E-state index contributed by atoms with van der Waals surface area (Å²) in [5.74, 6) is -2.10. The summed E-state index contributed by atoms with van der Waals surface area (Å²) in [6.07, 6.45) is 6.59. The number of fused-ring (bicyclic) bond motifs is 2. The lowest BCUT2D eigenvalue weighted by molar-refractivity contribution is -0.134. The van der Waals surface area contributed by atoms with E-state index >= 15 is 0 Å². The Kier molecular flexibility index (Phi) is 9.90. The molecular weight excluding hydrogens is 508 g/mol. The third-order valence-corrected chi connectivity index (χ3v) is 6.67. The van der Waals surface area contributed by atoms with Gasteiger partial charge in [-0.1, -0.05) is 24.3 Å². The van der Waals surface area contributed by atoms with Crippen LogP contribution in [0.25, 0.3) is 0 Å². The molecule has 0 aliphatic carbocycles. The van der Waals surface area contributed by atoms with Crippen molar-refractivity contribution in [3.05, 3.63) is 70.8 Å². The molecule has 2 N–H and O–H groups in total. The van der Waals surface area contributed by atoms with Crippen LogP contribution in [0.15, 0.2) is 48.5 Å². The van der Waals surface area contributed by atoms with E-state index in [0.29, 0.717) is 11.1 Å². The molecule has 2 saturated heterocycles. The van der Waals surface area contributed by atoms with E-state index in [2.05, 4.69) is 0 Å². The van der Waals surface area contributed by atoms with E-state index in [1.165, 1.54) is 18.6 Å². The molecule has 11 heteroatoms. The maximum absolute atomic E-state index is 12.0. The summed E-state index contributed by atoms with van der Waals surface area (Å²) in [4.78, 5) is 51.5. The van der Waals surface area contributed by atoms with Gasteiger partial charge in [-0.2, -0.15) is 0 Å². The number of carbonyl (C=O) groups excluding carboxylic acids is 4. The van der Waals surface area contributed by atoms with Crippen LogP contribution in [0.3, 0.4) is 0 Å². The molecule has 0 radical (unpaired) electrons. The average molecular weight is 541 g/mol. The molecule has 6 rings (SSSR count). The van der Waals surface area contributed by atoms with Gasteiger partial charge in [0.15, 0.2) is 0 Å². The lowest BCUT2D eigenvalue weighted by Gasteiger charge is -2.23. The lowest BCUT2D eigenvalue weighted by atomic mass is 10.1. The van der Waals surface area contributed by atoms with Crippen LogP contribution >= 0.6 is 0 Å². The first-order valence-electron chi connectivity index (χ1n) is 13.0. The van der Waals surface area contributed by atoms with Crippen molar-refractivity contribution in [2.75, 3.05) is 26.4 Å². The molecule has 4 aliphatic heterocycles. The van der Waals surface area contributed by atoms with Gasteiger partial charge in [-0.05, 0) is 62.8 Å². The maximum Gasteiger partial charge on any atom is 0.285 e. The number of benzene rings is 2. The molecule has 11 nitrogen and oxygen atoms in total. The lowest BCUT2D eigenvalue weighted by Crippen LogP contribution is -2.35. The zero-order valence-electron chi connectivity index (χ0n) is 21.5. The quantitative estimate of drug-likeness (QED) is 0.442. The van der Waals surface area contributed by atoms with Crippen LogP contribution in [0.5, 0.6) is 0 Å². The summed E-state index contributed by atoms with van der Waals surface area (Å²) in [5.41, 5.74) is 1.31. The molecule has 2 unspecified atom stereocenters. The van der Waals surface area contributed by atoms with Crippen molar-refractivity contribution in [3.8, 4) is 0 Å². The monoisotopic (exact) mass is 540 g/mol. The van der Waals surface area contributed by atoms with E-state index in [-0.39, 0.29) is 41.6 Å². The highest BCUT2D eigenvalue weighted by Crippen LogP contribution is 2.24. The van der Waals surface area contributed by atoms with Crippen molar-refractivity contribution in [1.82, 2.24) is 10.1 Å². The number of ether oxygens (including phenoxy) is 2. The molecule has 2 fully saturated rings. The largest absolute Gasteiger partial charge is 0.394 e. The molecule has 4 aliphatic rings. The topological polar surface area (TPSA) is 143 Å². The van der Waals surface area contributed by atoms with Crippen LogP contribution in [0, 0.1) is 0 Å². The van der Waals surface area contributed by atoms with Gasteiger partial charge in [0.2, 0.25) is 0 Å². The number of aliphatic hydroxyl groups excluding tert-OH is 1. The van der Waals surface area contributed by atoms with E-state index in [4.69, 9.17) is 24.6 Å². The number of aliphatic hydroxyl groups is 1. The Morgan fingerprint density at radius 2 is 1.13 bits per heavy atom. The number of imide groups is 2. The Morgan fingerprint density at radius 1 is 0.692 bits per heavy atom. The van der Waals surface area contributed by atoms with Gasteiger partial charge in [-0.3, -0.25) is 29.2 Å². The van der Waals surface area contributed by atoms with Crippen LogP contribution in [-0.2, 0) is 14.3 Å². The first-order valence-corrected chi connectivity index (χ1v) is 13.0. The van der Waals surface area contributed by atoms with Gasteiger partial charge in [-0.25, -0.2) is 0 Å². The van der Waals surface area contributed by atoms with Crippen molar-refractivity contribution >= 4 is 23.6 Å². The highest BCUT2D eigenvalue weighted by atomic mass is 16.7. The molecule has 2 atom stereocenters. The van der Waals surface area contributed by atoms with Crippen LogP contribution in [-0.4, -0.2) is 82.7 Å². The Bertz CT molecular complexity index is 1120. The van der Waals surface area contributed by atoms with Crippen LogP contribution in [0.1, 0.15) is 80.0 Å². The van der Waals surface area contributed by atoms with Crippen LogP contribution in [0.2, 0.25) is 0 Å². The summed E-state index contributed by atoms with van der Waals surface area (Å²) >= 11 is 0. The molecule has 4 heterocycles. The Balaban J connectivity index is 0.000000150. The Morgan fingerprint density at radius 3 is 1.51 bits per heavy atom. The summed E-state index contributed by atoms with van der Waals surface area (Å²) in [7, 11) is 0. The van der Waals surface area contributed by atoms with E-state index in [1.54, 1.807) is 36.4 Å². The second kappa shape index (κ2) is 13.5. The van der Waals surface area contributed by atoms with Gasteiger partial charge in [0.1, 0.15) is 6.61 Å².